The molecule has 0 saturated carbocycles. The maximum atomic E-state index is 2.58. The first-order valence-corrected chi connectivity index (χ1v) is 23.1. The molecule has 0 fully saturated rings. The molecule has 282 valence electrons. The van der Waals surface area contributed by atoms with Gasteiger partial charge in [-0.3, -0.25) is 0 Å². The number of thiophene rings is 2. The molecular formula is C52H62S2. The second-order valence-electron chi connectivity index (χ2n) is 18.7. The van der Waals surface area contributed by atoms with Gasteiger partial charge in [0.1, 0.15) is 0 Å². The third kappa shape index (κ3) is 6.93. The third-order valence-electron chi connectivity index (χ3n) is 12.4. The fourth-order valence-electron chi connectivity index (χ4n) is 9.27. The highest BCUT2D eigenvalue weighted by Gasteiger charge is 2.26. The van der Waals surface area contributed by atoms with Crippen LogP contribution in [0.4, 0.5) is 0 Å². The van der Waals surface area contributed by atoms with Crippen LogP contribution in [-0.4, -0.2) is 0 Å². The average molecular weight is 751 g/mol. The molecule has 0 aliphatic carbocycles. The molecule has 0 bridgehead atoms. The Morgan fingerprint density at radius 2 is 0.741 bits per heavy atom. The highest BCUT2D eigenvalue weighted by molar-refractivity contribution is 7.19. The summed E-state index contributed by atoms with van der Waals surface area (Å²) in [6.07, 6.45) is 18.5. The van der Waals surface area contributed by atoms with Crippen molar-refractivity contribution in [2.24, 2.45) is 0 Å². The monoisotopic (exact) mass is 750 g/mol. The largest absolute Gasteiger partial charge is 0.140 e. The van der Waals surface area contributed by atoms with Gasteiger partial charge in [-0.15, -0.1) is 22.7 Å². The molecule has 2 heteroatoms. The molecule has 6 aromatic carbocycles. The molecule has 54 heavy (non-hydrogen) atoms. The van der Waals surface area contributed by atoms with E-state index >= 15 is 0 Å². The van der Waals surface area contributed by atoms with Crippen LogP contribution in [-0.2, 0) is 23.7 Å². The summed E-state index contributed by atoms with van der Waals surface area (Å²) in [5, 5.41) is 17.4. The van der Waals surface area contributed by atoms with Crippen LogP contribution in [0.1, 0.15) is 153 Å². The van der Waals surface area contributed by atoms with Crippen LogP contribution in [0, 0.1) is 0 Å². The number of hydrogen-bond acceptors (Lipinski definition) is 2. The Balaban J connectivity index is 1.40. The third-order valence-corrected chi connectivity index (χ3v) is 14.8. The van der Waals surface area contributed by atoms with Crippen LogP contribution in [0.3, 0.4) is 0 Å². The van der Waals surface area contributed by atoms with E-state index in [0.29, 0.717) is 0 Å². The summed E-state index contributed by atoms with van der Waals surface area (Å²) in [6.45, 7) is 19.0. The standard InChI is InChI=1S/C52H62S2/c1-9-11-13-15-17-19-21-35-31-41-45(53-35)25-23-37-39-27-34(52(6,7)8)30-44-48-38(24-26-46-42(48)32-36(54-46)22-20-18-16-14-12-10-2)40-28-33(51(3,4)5)29-43(47(37)41)49(40)50(39)44/h23-32H,9-22H2,1-8H3. The zero-order chi connectivity index (χ0) is 37.8. The van der Waals surface area contributed by atoms with Crippen LogP contribution < -0.4 is 0 Å². The molecule has 0 nitrogen and oxygen atoms in total. The van der Waals surface area contributed by atoms with Gasteiger partial charge in [-0.25, -0.2) is 0 Å². The predicted molar refractivity (Wildman–Crippen MR) is 247 cm³/mol. The van der Waals surface area contributed by atoms with Gasteiger partial charge in [-0.1, -0.05) is 132 Å². The summed E-state index contributed by atoms with van der Waals surface area (Å²) in [4.78, 5) is 3.10. The molecule has 2 heterocycles. The quantitative estimate of drug-likeness (QED) is 0.0590. The van der Waals surface area contributed by atoms with Crippen molar-refractivity contribution in [2.45, 2.75) is 156 Å². The van der Waals surface area contributed by atoms with Gasteiger partial charge in [-0.2, -0.15) is 0 Å². The summed E-state index contributed by atoms with van der Waals surface area (Å²) >= 11 is 4.07. The Labute approximate surface area is 332 Å². The molecule has 0 amide bonds. The van der Waals surface area contributed by atoms with Crippen molar-refractivity contribution in [2.75, 3.05) is 0 Å². The van der Waals surface area contributed by atoms with Crippen LogP contribution in [0.2, 0.25) is 0 Å². The first-order chi connectivity index (χ1) is 26.0. The van der Waals surface area contributed by atoms with Crippen molar-refractivity contribution in [1.82, 2.24) is 0 Å². The van der Waals surface area contributed by atoms with Crippen molar-refractivity contribution >= 4 is 96.7 Å². The van der Waals surface area contributed by atoms with Crippen LogP contribution in [0.5, 0.6) is 0 Å². The van der Waals surface area contributed by atoms with Gasteiger partial charge in [0, 0.05) is 29.9 Å². The molecule has 8 aromatic rings. The predicted octanol–water partition coefficient (Wildman–Crippen LogP) is 17.7. The molecule has 0 spiro atoms. The van der Waals surface area contributed by atoms with Crippen molar-refractivity contribution < 1.29 is 0 Å². The first-order valence-electron chi connectivity index (χ1n) is 21.5. The molecule has 0 aliphatic rings. The topological polar surface area (TPSA) is 0 Å². The van der Waals surface area contributed by atoms with Gasteiger partial charge in [0.25, 0.3) is 0 Å². The number of benzene rings is 6. The lowest BCUT2D eigenvalue weighted by Crippen LogP contribution is -2.12. The first kappa shape index (κ1) is 37.7. The summed E-state index contributed by atoms with van der Waals surface area (Å²) in [5.41, 5.74) is 2.93. The van der Waals surface area contributed by atoms with Gasteiger partial charge in [0.05, 0.1) is 0 Å². The molecule has 0 radical (unpaired) electrons. The highest BCUT2D eigenvalue weighted by Crippen LogP contribution is 2.51. The lowest BCUT2D eigenvalue weighted by Gasteiger charge is -2.26. The molecular weight excluding hydrogens is 689 g/mol. The second kappa shape index (κ2) is 15.0. The number of rotatable bonds is 14. The SMILES string of the molecule is CCCCCCCCc1cc2c(ccc3c4cc(C(C)(C)C)cc5c6c7cc(CCCCCCCC)sc7ccc6c6cc(C(C)(C)C)cc(c23)c6c45)s1. The zero-order valence-corrected chi connectivity index (χ0v) is 36.1. The molecule has 0 saturated heterocycles. The van der Waals surface area contributed by atoms with E-state index in [2.05, 4.69) is 116 Å². The van der Waals surface area contributed by atoms with Gasteiger partial charge in [0.2, 0.25) is 0 Å². The van der Waals surface area contributed by atoms with Crippen molar-refractivity contribution in [1.29, 1.82) is 0 Å². The number of fused-ring (bicyclic) bond motifs is 10. The Hall–Kier alpha value is -3.20. The van der Waals surface area contributed by atoms with Gasteiger partial charge in [-0.05, 0) is 150 Å². The van der Waals surface area contributed by atoms with E-state index in [0.717, 1.165) is 0 Å². The highest BCUT2D eigenvalue weighted by atomic mass is 32.1. The molecule has 8 rings (SSSR count). The van der Waals surface area contributed by atoms with E-state index < -0.39 is 0 Å². The molecule has 0 atom stereocenters. The summed E-state index contributed by atoms with van der Waals surface area (Å²) < 4.78 is 2.88. The number of aryl methyl sites for hydroxylation is 2. The van der Waals surface area contributed by atoms with Crippen molar-refractivity contribution in [3.63, 3.8) is 0 Å². The summed E-state index contributed by atoms with van der Waals surface area (Å²) in [6, 6.07) is 25.3. The normalized spacial score (nSPS) is 13.1. The smallest absolute Gasteiger partial charge is 0.0352 e. The number of unbranched alkanes of at least 4 members (excludes halogenated alkanes) is 10. The van der Waals surface area contributed by atoms with Crippen molar-refractivity contribution in [3.8, 4) is 0 Å². The molecule has 0 unspecified atom stereocenters. The van der Waals surface area contributed by atoms with Gasteiger partial charge in [0.15, 0.2) is 0 Å². The van der Waals surface area contributed by atoms with Crippen molar-refractivity contribution in [3.05, 3.63) is 81.5 Å². The minimum absolute atomic E-state index is 0.0325. The van der Waals surface area contributed by atoms with E-state index in [1.165, 1.54) is 175 Å². The maximum Gasteiger partial charge on any atom is 0.0352 e. The van der Waals surface area contributed by atoms with Crippen LogP contribution >= 0.6 is 22.7 Å². The summed E-state index contributed by atoms with van der Waals surface area (Å²) in [5.74, 6) is 0. The number of hydrogen-bond donors (Lipinski definition) is 0. The fraction of sp³-hybridized carbons (Fsp3) is 0.462. The van der Waals surface area contributed by atoms with Gasteiger partial charge >= 0.3 is 0 Å². The van der Waals surface area contributed by atoms with Crippen LogP contribution in [0.15, 0.2) is 60.7 Å². The van der Waals surface area contributed by atoms with E-state index in [1.54, 1.807) is 9.75 Å². The minimum Gasteiger partial charge on any atom is -0.140 e. The Morgan fingerprint density at radius 3 is 1.13 bits per heavy atom. The second-order valence-corrected chi connectivity index (χ2v) is 21.0. The lowest BCUT2D eigenvalue weighted by atomic mass is 9.77. The van der Waals surface area contributed by atoms with E-state index in [4.69, 9.17) is 0 Å². The average Bonchev–Trinajstić information content (AvgIpc) is 3.76. The molecule has 0 aliphatic heterocycles. The molecule has 0 N–H and O–H groups in total. The van der Waals surface area contributed by atoms with E-state index in [1.807, 2.05) is 22.7 Å². The Bertz CT molecular complexity index is 2410. The summed E-state index contributed by atoms with van der Waals surface area (Å²) in [7, 11) is 0. The maximum absolute atomic E-state index is 2.58. The van der Waals surface area contributed by atoms with Gasteiger partial charge < -0.3 is 0 Å². The van der Waals surface area contributed by atoms with Crippen LogP contribution in [0.25, 0.3) is 74.0 Å². The minimum atomic E-state index is 0.0325. The Kier molecular flexibility index (Phi) is 10.5. The van der Waals surface area contributed by atoms with E-state index in [9.17, 15) is 0 Å². The Morgan fingerprint density at radius 1 is 0.370 bits per heavy atom. The van der Waals surface area contributed by atoms with E-state index in [-0.39, 0.29) is 10.8 Å². The molecule has 2 aromatic heterocycles. The fourth-order valence-corrected chi connectivity index (χ4v) is 11.5. The zero-order valence-electron chi connectivity index (χ0n) is 34.5. The lowest BCUT2D eigenvalue weighted by molar-refractivity contribution is 0.591.